The molecule has 1 atom stereocenters. The maximum atomic E-state index is 16.0. The SMILES string of the molecule is Cc1ccc(C(=O)N2CCC(F)(CC3(Cc4cccc(N(C)C)n4)C=CC=N3)CC2)cc1Cl. The van der Waals surface area contributed by atoms with Gasteiger partial charge in [-0.1, -0.05) is 29.8 Å². The number of carbonyl (C=O) groups excluding carboxylic acids is 1. The van der Waals surface area contributed by atoms with Crippen LogP contribution in [-0.2, 0) is 6.42 Å². The van der Waals surface area contributed by atoms with Crippen LogP contribution in [0.25, 0.3) is 0 Å². The summed E-state index contributed by atoms with van der Waals surface area (Å²) in [5.41, 5.74) is 0.313. The minimum Gasteiger partial charge on any atom is -0.363 e. The summed E-state index contributed by atoms with van der Waals surface area (Å²) in [6, 6.07) is 11.2. The molecular weight excluding hydrogens is 439 g/mol. The monoisotopic (exact) mass is 468 g/mol. The Kier molecular flexibility index (Phi) is 6.57. The van der Waals surface area contributed by atoms with Crippen LogP contribution in [0.2, 0.25) is 5.02 Å². The van der Waals surface area contributed by atoms with Crippen LogP contribution < -0.4 is 4.90 Å². The number of piperidine rings is 1. The average molecular weight is 469 g/mol. The van der Waals surface area contributed by atoms with Crippen molar-refractivity contribution in [3.05, 3.63) is 70.4 Å². The molecule has 0 aliphatic carbocycles. The summed E-state index contributed by atoms with van der Waals surface area (Å²) in [4.78, 5) is 26.0. The van der Waals surface area contributed by atoms with Crippen molar-refractivity contribution in [3.8, 4) is 0 Å². The smallest absolute Gasteiger partial charge is 0.253 e. The number of halogens is 2. The van der Waals surface area contributed by atoms with Crippen molar-refractivity contribution < 1.29 is 9.18 Å². The molecule has 1 saturated heterocycles. The molecule has 4 rings (SSSR count). The largest absolute Gasteiger partial charge is 0.363 e. The zero-order valence-corrected chi connectivity index (χ0v) is 20.1. The highest BCUT2D eigenvalue weighted by Gasteiger charge is 2.44. The summed E-state index contributed by atoms with van der Waals surface area (Å²) in [6.45, 7) is 2.65. The number of likely N-dealkylation sites (tertiary alicyclic amines) is 1. The highest BCUT2D eigenvalue weighted by atomic mass is 35.5. The molecule has 1 unspecified atom stereocenters. The van der Waals surface area contributed by atoms with E-state index in [1.54, 1.807) is 23.2 Å². The van der Waals surface area contributed by atoms with E-state index in [0.717, 1.165) is 17.1 Å². The van der Waals surface area contributed by atoms with Gasteiger partial charge in [-0.15, -0.1) is 0 Å². The standard InChI is InChI=1S/C26H30ClFN4O/c1-19-8-9-20(16-22(19)27)24(33)32-14-11-25(28,12-15-32)18-26(10-5-13-29-26)17-21-6-4-7-23(30-21)31(2)3/h4-10,13,16H,11-12,14-15,17-18H2,1-3H3. The van der Waals surface area contributed by atoms with Gasteiger partial charge in [0.15, 0.2) is 0 Å². The van der Waals surface area contributed by atoms with E-state index >= 15 is 4.39 Å². The van der Waals surface area contributed by atoms with E-state index in [9.17, 15) is 4.79 Å². The quantitative estimate of drug-likeness (QED) is 0.595. The second kappa shape index (κ2) is 9.26. The first-order valence-corrected chi connectivity index (χ1v) is 11.7. The fourth-order valence-electron chi connectivity index (χ4n) is 4.60. The Labute approximate surface area is 200 Å². The molecule has 0 spiro atoms. The minimum atomic E-state index is -1.40. The lowest BCUT2D eigenvalue weighted by Gasteiger charge is -2.40. The zero-order valence-electron chi connectivity index (χ0n) is 19.4. The summed E-state index contributed by atoms with van der Waals surface area (Å²) in [6.07, 6.45) is 7.02. The fourth-order valence-corrected chi connectivity index (χ4v) is 4.78. The van der Waals surface area contributed by atoms with Crippen LogP contribution in [0, 0.1) is 6.92 Å². The maximum absolute atomic E-state index is 16.0. The number of allylic oxidation sites excluding steroid dienone is 1. The van der Waals surface area contributed by atoms with Gasteiger partial charge in [0.2, 0.25) is 0 Å². The van der Waals surface area contributed by atoms with Gasteiger partial charge in [-0.25, -0.2) is 9.37 Å². The summed E-state index contributed by atoms with van der Waals surface area (Å²) >= 11 is 6.19. The van der Waals surface area contributed by atoms with Crippen molar-refractivity contribution >= 4 is 29.5 Å². The molecule has 2 aliphatic rings. The Hall–Kier alpha value is -2.73. The van der Waals surface area contributed by atoms with Gasteiger partial charge in [0.1, 0.15) is 11.5 Å². The molecule has 1 aromatic heterocycles. The normalized spacial score (nSPS) is 21.4. The summed E-state index contributed by atoms with van der Waals surface area (Å²) in [5.74, 6) is 0.767. The number of hydrogen-bond acceptors (Lipinski definition) is 4. The predicted molar refractivity (Wildman–Crippen MR) is 132 cm³/mol. The number of alkyl halides is 1. The Bertz CT molecular complexity index is 1080. The van der Waals surface area contributed by atoms with Crippen molar-refractivity contribution in [2.45, 2.75) is 43.8 Å². The molecule has 0 radical (unpaired) electrons. The Morgan fingerprint density at radius 2 is 1.97 bits per heavy atom. The molecule has 1 amide bonds. The van der Waals surface area contributed by atoms with Crippen LogP contribution in [0.4, 0.5) is 10.2 Å². The third-order valence-electron chi connectivity index (χ3n) is 6.55. The van der Waals surface area contributed by atoms with Gasteiger partial charge in [0.05, 0.1) is 5.54 Å². The Balaban J connectivity index is 1.44. The van der Waals surface area contributed by atoms with Crippen molar-refractivity contribution in [2.24, 2.45) is 4.99 Å². The number of benzene rings is 1. The van der Waals surface area contributed by atoms with Crippen LogP contribution in [0.1, 0.15) is 40.9 Å². The summed E-state index contributed by atoms with van der Waals surface area (Å²) < 4.78 is 16.0. The lowest BCUT2D eigenvalue weighted by atomic mass is 9.78. The molecule has 0 N–H and O–H groups in total. The van der Waals surface area contributed by atoms with Gasteiger partial charge in [0.25, 0.3) is 5.91 Å². The van der Waals surface area contributed by atoms with Crippen molar-refractivity contribution in [1.82, 2.24) is 9.88 Å². The van der Waals surface area contributed by atoms with Crippen LogP contribution in [0.3, 0.4) is 0 Å². The predicted octanol–water partition coefficient (Wildman–Crippen LogP) is 5.07. The van der Waals surface area contributed by atoms with E-state index in [1.807, 2.05) is 62.3 Å². The van der Waals surface area contributed by atoms with Crippen LogP contribution >= 0.6 is 11.6 Å². The molecule has 3 heterocycles. The number of aromatic nitrogens is 1. The molecule has 174 valence electrons. The topological polar surface area (TPSA) is 48.8 Å². The first-order chi connectivity index (χ1) is 15.7. The molecular formula is C26H30ClFN4O. The third-order valence-corrected chi connectivity index (χ3v) is 6.96. The van der Waals surface area contributed by atoms with E-state index in [1.165, 1.54) is 0 Å². The van der Waals surface area contributed by atoms with Crippen LogP contribution in [0.5, 0.6) is 0 Å². The van der Waals surface area contributed by atoms with E-state index in [0.29, 0.717) is 30.1 Å². The number of amides is 1. The lowest BCUT2D eigenvalue weighted by Crippen LogP contribution is -2.48. The molecule has 7 heteroatoms. The van der Waals surface area contributed by atoms with Crippen molar-refractivity contribution in [1.29, 1.82) is 0 Å². The third kappa shape index (κ3) is 5.27. The number of pyridine rings is 1. The number of carbonyl (C=O) groups is 1. The van der Waals surface area contributed by atoms with Crippen LogP contribution in [-0.4, -0.2) is 60.4 Å². The molecule has 0 bridgehead atoms. The first-order valence-electron chi connectivity index (χ1n) is 11.3. The second-order valence-corrected chi connectivity index (χ2v) is 9.79. The zero-order chi connectivity index (χ0) is 23.6. The molecule has 0 saturated carbocycles. The highest BCUT2D eigenvalue weighted by molar-refractivity contribution is 6.31. The van der Waals surface area contributed by atoms with Gasteiger partial charge in [0, 0.05) is 62.5 Å². The molecule has 33 heavy (non-hydrogen) atoms. The molecule has 1 fully saturated rings. The van der Waals surface area contributed by atoms with Gasteiger partial charge in [-0.3, -0.25) is 9.79 Å². The maximum Gasteiger partial charge on any atom is 0.253 e. The van der Waals surface area contributed by atoms with E-state index in [-0.39, 0.29) is 25.2 Å². The molecule has 2 aromatic rings. The molecule has 5 nitrogen and oxygen atoms in total. The Morgan fingerprint density at radius 1 is 1.21 bits per heavy atom. The number of nitrogens with zero attached hydrogens (tertiary/aromatic N) is 4. The van der Waals surface area contributed by atoms with E-state index in [4.69, 9.17) is 16.6 Å². The highest BCUT2D eigenvalue weighted by Crippen LogP contribution is 2.39. The van der Waals surface area contributed by atoms with Gasteiger partial charge < -0.3 is 9.80 Å². The van der Waals surface area contributed by atoms with E-state index in [2.05, 4.69) is 4.99 Å². The van der Waals surface area contributed by atoms with Crippen LogP contribution in [0.15, 0.2) is 53.5 Å². The van der Waals surface area contributed by atoms with Gasteiger partial charge >= 0.3 is 0 Å². The molecule has 1 aromatic carbocycles. The average Bonchev–Trinajstić information content (AvgIpc) is 3.23. The number of hydrogen-bond donors (Lipinski definition) is 0. The van der Waals surface area contributed by atoms with E-state index < -0.39 is 11.2 Å². The van der Waals surface area contributed by atoms with Crippen molar-refractivity contribution in [2.75, 3.05) is 32.1 Å². The molecule has 2 aliphatic heterocycles. The first kappa shape index (κ1) is 23.4. The van der Waals surface area contributed by atoms with Gasteiger partial charge in [-0.2, -0.15) is 0 Å². The summed E-state index contributed by atoms with van der Waals surface area (Å²) in [5, 5.41) is 0.567. The second-order valence-electron chi connectivity index (χ2n) is 9.38. The lowest BCUT2D eigenvalue weighted by molar-refractivity contribution is 0.0322. The fraction of sp³-hybridized carbons (Fsp3) is 0.423. The number of rotatable bonds is 6. The number of anilines is 1. The Morgan fingerprint density at radius 3 is 2.61 bits per heavy atom. The number of aryl methyl sites for hydroxylation is 1. The minimum absolute atomic E-state index is 0.0999. The number of aliphatic imine (C=N–C) groups is 1. The van der Waals surface area contributed by atoms with Gasteiger partial charge in [-0.05, 0) is 55.7 Å². The summed E-state index contributed by atoms with van der Waals surface area (Å²) in [7, 11) is 3.90. The van der Waals surface area contributed by atoms with Crippen molar-refractivity contribution in [3.63, 3.8) is 0 Å².